The zero-order valence-corrected chi connectivity index (χ0v) is 10.3. The van der Waals surface area contributed by atoms with Gasteiger partial charge in [0.1, 0.15) is 0 Å². The van der Waals surface area contributed by atoms with E-state index in [1.807, 2.05) is 0 Å². The van der Waals surface area contributed by atoms with Gasteiger partial charge in [0.2, 0.25) is 11.8 Å². The van der Waals surface area contributed by atoms with E-state index >= 15 is 0 Å². The fourth-order valence-corrected chi connectivity index (χ4v) is 2.00. The van der Waals surface area contributed by atoms with Crippen LogP contribution in [0.5, 0.6) is 0 Å². The molecule has 0 aliphatic carbocycles. The van der Waals surface area contributed by atoms with Gasteiger partial charge in [-0.15, -0.1) is 6.58 Å². The fraction of sp³-hybridized carbons (Fsp3) is 0.417. The number of nitrogens with zero attached hydrogens (tertiary/aromatic N) is 3. The standard InChI is InChI=1S/C12H16N4O2/c1-3-4-13-12(18)9-5-11(17)16(7-9)10-6-14-15(2)8-10/h3,6,8-9H,1,4-5,7H2,2H3,(H,13,18)/t9-/m0/s1. The first-order valence-corrected chi connectivity index (χ1v) is 5.79. The molecule has 1 aromatic heterocycles. The van der Waals surface area contributed by atoms with E-state index in [0.717, 1.165) is 5.69 Å². The second-order valence-corrected chi connectivity index (χ2v) is 4.31. The average Bonchev–Trinajstić information content (AvgIpc) is 2.92. The Morgan fingerprint density at radius 1 is 1.72 bits per heavy atom. The molecule has 1 aromatic rings. The smallest absolute Gasteiger partial charge is 0.227 e. The number of hydrogen-bond acceptors (Lipinski definition) is 3. The van der Waals surface area contributed by atoms with Gasteiger partial charge in [0.15, 0.2) is 0 Å². The van der Waals surface area contributed by atoms with Crippen LogP contribution in [-0.4, -0.2) is 34.7 Å². The molecule has 0 aromatic carbocycles. The van der Waals surface area contributed by atoms with Crippen LogP contribution in [0.25, 0.3) is 0 Å². The zero-order valence-electron chi connectivity index (χ0n) is 10.3. The number of carbonyl (C=O) groups is 2. The van der Waals surface area contributed by atoms with Crippen molar-refractivity contribution < 1.29 is 9.59 Å². The minimum absolute atomic E-state index is 0.0400. The molecule has 96 valence electrons. The summed E-state index contributed by atoms with van der Waals surface area (Å²) in [6.45, 7) is 4.37. The van der Waals surface area contributed by atoms with E-state index in [1.54, 1.807) is 35.1 Å². The van der Waals surface area contributed by atoms with Crippen LogP contribution in [0.1, 0.15) is 6.42 Å². The maximum atomic E-state index is 11.9. The van der Waals surface area contributed by atoms with Gasteiger partial charge >= 0.3 is 0 Å². The molecular weight excluding hydrogens is 232 g/mol. The Morgan fingerprint density at radius 2 is 2.50 bits per heavy atom. The topological polar surface area (TPSA) is 67.2 Å². The van der Waals surface area contributed by atoms with Crippen LogP contribution >= 0.6 is 0 Å². The fourth-order valence-electron chi connectivity index (χ4n) is 2.00. The van der Waals surface area contributed by atoms with Crippen molar-refractivity contribution in [3.63, 3.8) is 0 Å². The first-order chi connectivity index (χ1) is 8.61. The first kappa shape index (κ1) is 12.3. The Balaban J connectivity index is 2.02. The van der Waals surface area contributed by atoms with E-state index in [9.17, 15) is 9.59 Å². The molecule has 0 saturated carbocycles. The van der Waals surface area contributed by atoms with Crippen molar-refractivity contribution in [2.45, 2.75) is 6.42 Å². The summed E-state index contributed by atoms with van der Waals surface area (Å²) in [7, 11) is 1.79. The molecule has 2 rings (SSSR count). The summed E-state index contributed by atoms with van der Waals surface area (Å²) in [6, 6.07) is 0. The summed E-state index contributed by atoms with van der Waals surface area (Å²) in [5, 5.41) is 6.74. The molecule has 2 heterocycles. The van der Waals surface area contributed by atoms with Crippen LogP contribution in [-0.2, 0) is 16.6 Å². The number of rotatable bonds is 4. The normalized spacial score (nSPS) is 19.1. The number of amides is 2. The summed E-state index contributed by atoms with van der Waals surface area (Å²) in [4.78, 5) is 25.2. The Morgan fingerprint density at radius 3 is 3.11 bits per heavy atom. The molecule has 0 spiro atoms. The van der Waals surface area contributed by atoms with Gasteiger partial charge in [-0.1, -0.05) is 6.08 Å². The van der Waals surface area contributed by atoms with E-state index in [1.165, 1.54) is 0 Å². The number of carbonyl (C=O) groups excluding carboxylic acids is 2. The molecule has 1 aliphatic heterocycles. The van der Waals surface area contributed by atoms with E-state index < -0.39 is 0 Å². The van der Waals surface area contributed by atoms with E-state index in [4.69, 9.17) is 0 Å². The minimum Gasteiger partial charge on any atom is -0.352 e. The molecule has 0 radical (unpaired) electrons. The maximum Gasteiger partial charge on any atom is 0.227 e. The van der Waals surface area contributed by atoms with E-state index in [0.29, 0.717) is 13.1 Å². The van der Waals surface area contributed by atoms with E-state index in [-0.39, 0.29) is 24.2 Å². The third kappa shape index (κ3) is 2.42. The summed E-state index contributed by atoms with van der Waals surface area (Å²) in [5.74, 6) is -0.436. The molecule has 1 saturated heterocycles. The van der Waals surface area contributed by atoms with Gasteiger partial charge in [0.05, 0.1) is 17.8 Å². The number of anilines is 1. The monoisotopic (exact) mass is 248 g/mol. The molecule has 0 unspecified atom stereocenters. The lowest BCUT2D eigenvalue weighted by Crippen LogP contribution is -2.32. The largest absolute Gasteiger partial charge is 0.352 e. The van der Waals surface area contributed by atoms with Crippen LogP contribution in [0.4, 0.5) is 5.69 Å². The number of nitrogens with one attached hydrogen (secondary N) is 1. The number of hydrogen-bond donors (Lipinski definition) is 1. The van der Waals surface area contributed by atoms with E-state index in [2.05, 4.69) is 17.0 Å². The van der Waals surface area contributed by atoms with Gasteiger partial charge in [-0.3, -0.25) is 14.3 Å². The van der Waals surface area contributed by atoms with Crippen molar-refractivity contribution in [3.8, 4) is 0 Å². The molecule has 1 aliphatic rings. The van der Waals surface area contributed by atoms with Crippen LogP contribution in [0.15, 0.2) is 25.0 Å². The lowest BCUT2D eigenvalue weighted by atomic mass is 10.1. The van der Waals surface area contributed by atoms with Crippen molar-refractivity contribution >= 4 is 17.5 Å². The SMILES string of the molecule is C=CCNC(=O)[C@H]1CC(=O)N(c2cnn(C)c2)C1. The predicted octanol–water partition coefficient (Wildman–Crippen LogP) is 0.0752. The van der Waals surface area contributed by atoms with Crippen LogP contribution in [0.2, 0.25) is 0 Å². The van der Waals surface area contributed by atoms with Crippen LogP contribution in [0, 0.1) is 5.92 Å². The lowest BCUT2D eigenvalue weighted by molar-refractivity contribution is -0.126. The first-order valence-electron chi connectivity index (χ1n) is 5.79. The minimum atomic E-state index is -0.294. The lowest BCUT2D eigenvalue weighted by Gasteiger charge is -2.13. The molecule has 18 heavy (non-hydrogen) atoms. The van der Waals surface area contributed by atoms with Gasteiger partial charge in [-0.2, -0.15) is 5.10 Å². The van der Waals surface area contributed by atoms with Gasteiger partial charge in [0.25, 0.3) is 0 Å². The van der Waals surface area contributed by atoms with Gasteiger partial charge in [0, 0.05) is 32.8 Å². The average molecular weight is 248 g/mol. The number of aromatic nitrogens is 2. The van der Waals surface area contributed by atoms with Gasteiger partial charge < -0.3 is 10.2 Å². The highest BCUT2D eigenvalue weighted by atomic mass is 16.2. The maximum absolute atomic E-state index is 11.9. The highest BCUT2D eigenvalue weighted by Crippen LogP contribution is 2.24. The van der Waals surface area contributed by atoms with Crippen molar-refractivity contribution in [3.05, 3.63) is 25.0 Å². The summed E-state index contributed by atoms with van der Waals surface area (Å²) < 4.78 is 1.63. The summed E-state index contributed by atoms with van der Waals surface area (Å²) in [5.41, 5.74) is 0.738. The molecule has 6 nitrogen and oxygen atoms in total. The van der Waals surface area contributed by atoms with Crippen molar-refractivity contribution in [1.82, 2.24) is 15.1 Å². The van der Waals surface area contributed by atoms with Gasteiger partial charge in [-0.05, 0) is 0 Å². The van der Waals surface area contributed by atoms with Crippen molar-refractivity contribution in [2.75, 3.05) is 18.0 Å². The molecule has 1 N–H and O–H groups in total. The molecule has 6 heteroatoms. The Labute approximate surface area is 105 Å². The predicted molar refractivity (Wildman–Crippen MR) is 66.9 cm³/mol. The van der Waals surface area contributed by atoms with Crippen molar-refractivity contribution in [1.29, 1.82) is 0 Å². The Kier molecular flexibility index (Phi) is 3.45. The summed E-state index contributed by atoms with van der Waals surface area (Å²) >= 11 is 0. The highest BCUT2D eigenvalue weighted by Gasteiger charge is 2.35. The number of aryl methyl sites for hydroxylation is 1. The Bertz CT molecular complexity index is 480. The highest BCUT2D eigenvalue weighted by molar-refractivity contribution is 6.00. The van der Waals surface area contributed by atoms with Crippen molar-refractivity contribution in [2.24, 2.45) is 13.0 Å². The second kappa shape index (κ2) is 5.03. The molecule has 0 bridgehead atoms. The molecule has 1 atom stereocenters. The second-order valence-electron chi connectivity index (χ2n) is 4.31. The molecule has 2 amide bonds. The summed E-state index contributed by atoms with van der Waals surface area (Å²) in [6.07, 6.45) is 5.26. The van der Waals surface area contributed by atoms with Gasteiger partial charge in [-0.25, -0.2) is 0 Å². The zero-order chi connectivity index (χ0) is 13.1. The Hall–Kier alpha value is -2.11. The third-order valence-electron chi connectivity index (χ3n) is 2.92. The molecule has 1 fully saturated rings. The quantitative estimate of drug-likeness (QED) is 0.767. The van der Waals surface area contributed by atoms with Crippen LogP contribution in [0.3, 0.4) is 0 Å². The van der Waals surface area contributed by atoms with Crippen LogP contribution < -0.4 is 10.2 Å². The third-order valence-corrected chi connectivity index (χ3v) is 2.92. The molecular formula is C12H16N4O2.